The van der Waals surface area contributed by atoms with Gasteiger partial charge >= 0.3 is 6.09 Å². The molecule has 7 heteroatoms. The van der Waals surface area contributed by atoms with E-state index in [0.717, 1.165) is 17.0 Å². The molecule has 1 saturated heterocycles. The average Bonchev–Trinajstić information content (AvgIpc) is 3.27. The summed E-state index contributed by atoms with van der Waals surface area (Å²) < 4.78 is 7.35. The third-order valence-electron chi connectivity index (χ3n) is 4.87. The van der Waals surface area contributed by atoms with Crippen LogP contribution in [-0.4, -0.2) is 40.6 Å². The largest absolute Gasteiger partial charge is 0.442 e. The first-order chi connectivity index (χ1) is 13.8. The number of amides is 2. The summed E-state index contributed by atoms with van der Waals surface area (Å²) >= 11 is 0. The van der Waals surface area contributed by atoms with Gasteiger partial charge < -0.3 is 14.5 Å². The van der Waals surface area contributed by atoms with Crippen LogP contribution in [0.15, 0.2) is 54.7 Å². The molecule has 0 bridgehead atoms. The summed E-state index contributed by atoms with van der Waals surface area (Å²) in [6.07, 6.45) is 1.09. The normalized spacial score (nSPS) is 16.9. The zero-order valence-corrected chi connectivity index (χ0v) is 16.8. The maximum absolute atomic E-state index is 12.8. The number of para-hydroxylation sites is 1. The van der Waals surface area contributed by atoms with Crippen molar-refractivity contribution in [1.29, 1.82) is 0 Å². The summed E-state index contributed by atoms with van der Waals surface area (Å²) in [5.74, 6) is 0.541. The van der Waals surface area contributed by atoms with E-state index in [9.17, 15) is 9.59 Å². The summed E-state index contributed by atoms with van der Waals surface area (Å²) in [5, 5.41) is 2.87. The Labute approximate surface area is 169 Å². The number of imidazole rings is 1. The van der Waals surface area contributed by atoms with Gasteiger partial charge in [0.15, 0.2) is 5.69 Å². The first-order valence-electron chi connectivity index (χ1n) is 9.63. The molecule has 1 N–H and O–H groups in total. The van der Waals surface area contributed by atoms with Crippen LogP contribution in [0.4, 0.5) is 10.5 Å². The van der Waals surface area contributed by atoms with Crippen LogP contribution < -0.4 is 10.2 Å². The maximum Gasteiger partial charge on any atom is 0.414 e. The number of fused-ring (bicyclic) bond motifs is 1. The highest BCUT2D eigenvalue weighted by atomic mass is 16.6. The van der Waals surface area contributed by atoms with Crippen molar-refractivity contribution in [2.45, 2.75) is 32.3 Å². The standard InChI is InChI=1S/C22H24N4O3/c1-22(2,3)20-24-18(17-11-7-8-12-25(17)20)19(27)23-13-16-14-26(21(28)29-16)15-9-5-4-6-10-15/h4-12,16H,13-14H2,1-3H3,(H,23,27). The zero-order chi connectivity index (χ0) is 20.6. The predicted molar refractivity (Wildman–Crippen MR) is 110 cm³/mol. The van der Waals surface area contributed by atoms with E-state index in [2.05, 4.69) is 31.1 Å². The number of aromatic nitrogens is 2. The van der Waals surface area contributed by atoms with Crippen LogP contribution in [0.5, 0.6) is 0 Å². The predicted octanol–water partition coefficient (Wildman–Crippen LogP) is 3.39. The summed E-state index contributed by atoms with van der Waals surface area (Å²) in [7, 11) is 0. The Bertz CT molecular complexity index is 1050. The fraction of sp³-hybridized carbons (Fsp3) is 0.318. The third-order valence-corrected chi connectivity index (χ3v) is 4.87. The molecule has 29 heavy (non-hydrogen) atoms. The lowest BCUT2D eigenvalue weighted by atomic mass is 9.96. The van der Waals surface area contributed by atoms with Gasteiger partial charge in [0.25, 0.3) is 5.91 Å². The minimum absolute atomic E-state index is 0.208. The van der Waals surface area contributed by atoms with E-state index < -0.39 is 12.2 Å². The molecule has 3 heterocycles. The number of hydrogen-bond donors (Lipinski definition) is 1. The van der Waals surface area contributed by atoms with Crippen molar-refractivity contribution >= 4 is 23.2 Å². The summed E-state index contributed by atoms with van der Waals surface area (Å²) in [6, 6.07) is 15.0. The molecular formula is C22H24N4O3. The van der Waals surface area contributed by atoms with E-state index in [-0.39, 0.29) is 17.9 Å². The van der Waals surface area contributed by atoms with Crippen molar-refractivity contribution < 1.29 is 14.3 Å². The highest BCUT2D eigenvalue weighted by Crippen LogP contribution is 2.25. The number of nitrogens with zero attached hydrogens (tertiary/aromatic N) is 3. The molecule has 2 aromatic heterocycles. The second-order valence-corrected chi connectivity index (χ2v) is 8.15. The van der Waals surface area contributed by atoms with Crippen LogP contribution in [0.2, 0.25) is 0 Å². The van der Waals surface area contributed by atoms with Gasteiger partial charge in [0.1, 0.15) is 11.9 Å². The maximum atomic E-state index is 12.8. The lowest BCUT2D eigenvalue weighted by Gasteiger charge is -2.16. The molecule has 1 unspecified atom stereocenters. The highest BCUT2D eigenvalue weighted by Gasteiger charge is 2.33. The van der Waals surface area contributed by atoms with E-state index in [1.807, 2.05) is 59.1 Å². The lowest BCUT2D eigenvalue weighted by molar-refractivity contribution is 0.0913. The highest BCUT2D eigenvalue weighted by molar-refractivity contribution is 5.99. The number of pyridine rings is 1. The molecule has 1 fully saturated rings. The number of hydrogen-bond acceptors (Lipinski definition) is 4. The van der Waals surface area contributed by atoms with Crippen LogP contribution >= 0.6 is 0 Å². The van der Waals surface area contributed by atoms with Gasteiger partial charge in [0.2, 0.25) is 0 Å². The molecular weight excluding hydrogens is 368 g/mol. The monoisotopic (exact) mass is 392 g/mol. The van der Waals surface area contributed by atoms with Gasteiger partial charge in [-0.15, -0.1) is 0 Å². The quantitative estimate of drug-likeness (QED) is 0.738. The Morgan fingerprint density at radius 3 is 2.62 bits per heavy atom. The summed E-state index contributed by atoms with van der Waals surface area (Å²) in [6.45, 7) is 6.80. The van der Waals surface area contributed by atoms with E-state index in [0.29, 0.717) is 12.2 Å². The molecule has 4 rings (SSSR count). The average molecular weight is 392 g/mol. The fourth-order valence-corrected chi connectivity index (χ4v) is 3.47. The molecule has 3 aromatic rings. The molecule has 1 aliphatic heterocycles. The van der Waals surface area contributed by atoms with Crippen molar-refractivity contribution in [2.75, 3.05) is 18.0 Å². The molecule has 0 radical (unpaired) electrons. The number of ether oxygens (including phenoxy) is 1. The smallest absolute Gasteiger partial charge is 0.414 e. The Kier molecular flexibility index (Phi) is 4.74. The molecule has 2 amide bonds. The molecule has 1 aliphatic rings. The number of rotatable bonds is 4. The lowest BCUT2D eigenvalue weighted by Crippen LogP contribution is -2.35. The minimum Gasteiger partial charge on any atom is -0.442 e. The van der Waals surface area contributed by atoms with Crippen LogP contribution in [0.25, 0.3) is 5.52 Å². The summed E-state index contributed by atoms with van der Waals surface area (Å²) in [5.41, 5.74) is 1.70. The Morgan fingerprint density at radius 1 is 1.17 bits per heavy atom. The molecule has 150 valence electrons. The van der Waals surface area contributed by atoms with Crippen LogP contribution in [0, 0.1) is 0 Å². The van der Waals surface area contributed by atoms with Gasteiger partial charge in [-0.2, -0.15) is 0 Å². The van der Waals surface area contributed by atoms with Crippen molar-refractivity contribution in [2.24, 2.45) is 0 Å². The number of carbonyl (C=O) groups excluding carboxylic acids is 2. The second kappa shape index (κ2) is 7.24. The number of benzene rings is 1. The second-order valence-electron chi connectivity index (χ2n) is 8.15. The number of nitrogens with one attached hydrogen (secondary N) is 1. The van der Waals surface area contributed by atoms with E-state index in [1.54, 1.807) is 4.90 Å². The van der Waals surface area contributed by atoms with Gasteiger partial charge in [-0.25, -0.2) is 9.78 Å². The van der Waals surface area contributed by atoms with Gasteiger partial charge in [-0.1, -0.05) is 45.0 Å². The molecule has 7 nitrogen and oxygen atoms in total. The van der Waals surface area contributed by atoms with E-state index in [4.69, 9.17) is 4.74 Å². The van der Waals surface area contributed by atoms with Crippen molar-refractivity contribution in [3.63, 3.8) is 0 Å². The number of anilines is 1. The number of cyclic esters (lactones) is 1. The third kappa shape index (κ3) is 3.68. The minimum atomic E-state index is -0.414. The van der Waals surface area contributed by atoms with Gasteiger partial charge in [-0.3, -0.25) is 9.69 Å². The van der Waals surface area contributed by atoms with Gasteiger partial charge in [-0.05, 0) is 24.3 Å². The summed E-state index contributed by atoms with van der Waals surface area (Å²) in [4.78, 5) is 31.2. The Morgan fingerprint density at radius 2 is 1.90 bits per heavy atom. The Balaban J connectivity index is 1.48. The van der Waals surface area contributed by atoms with Crippen LogP contribution in [0.1, 0.15) is 37.1 Å². The topological polar surface area (TPSA) is 75.9 Å². The molecule has 0 aliphatic carbocycles. The van der Waals surface area contributed by atoms with E-state index in [1.165, 1.54) is 0 Å². The number of carbonyl (C=O) groups is 2. The van der Waals surface area contributed by atoms with Crippen molar-refractivity contribution in [3.8, 4) is 0 Å². The van der Waals surface area contributed by atoms with Crippen molar-refractivity contribution in [3.05, 3.63) is 66.2 Å². The van der Waals surface area contributed by atoms with Crippen molar-refractivity contribution in [1.82, 2.24) is 14.7 Å². The van der Waals surface area contributed by atoms with Gasteiger partial charge in [0, 0.05) is 17.3 Å². The van der Waals surface area contributed by atoms with E-state index >= 15 is 0 Å². The molecule has 0 spiro atoms. The molecule has 1 atom stereocenters. The first kappa shape index (κ1) is 19.0. The zero-order valence-electron chi connectivity index (χ0n) is 16.8. The van der Waals surface area contributed by atoms with Crippen LogP contribution in [0.3, 0.4) is 0 Å². The fourth-order valence-electron chi connectivity index (χ4n) is 3.47. The molecule has 1 aromatic carbocycles. The Hall–Kier alpha value is -3.35. The SMILES string of the molecule is CC(C)(C)c1nc(C(=O)NCC2CN(c3ccccc3)C(=O)O2)c2ccccn12. The first-order valence-corrected chi connectivity index (χ1v) is 9.63. The van der Waals surface area contributed by atoms with Gasteiger partial charge in [0.05, 0.1) is 18.6 Å². The molecule has 0 saturated carbocycles. The van der Waals surface area contributed by atoms with Crippen LogP contribution in [-0.2, 0) is 10.2 Å².